The molecule has 2 rings (SSSR count). The van der Waals surface area contributed by atoms with E-state index in [0.717, 1.165) is 15.4 Å². The zero-order chi connectivity index (χ0) is 8.55. The second kappa shape index (κ2) is 2.75. The minimum Gasteiger partial charge on any atom is -0.508 e. The maximum Gasteiger partial charge on any atom is 0.117 e. The van der Waals surface area contributed by atoms with E-state index in [4.69, 9.17) is 5.11 Å². The number of aromatic nitrogens is 1. The highest BCUT2D eigenvalue weighted by Gasteiger charge is 1.96. The van der Waals surface area contributed by atoms with E-state index in [1.165, 1.54) is 0 Å². The Morgan fingerprint density at radius 2 is 2.08 bits per heavy atom. The highest BCUT2D eigenvalue weighted by atomic mass is 79.9. The molecule has 60 valence electrons. The SMILES string of the molecule is Oc1ccc2cc(Br)cnc2c1. The first-order valence-corrected chi connectivity index (χ1v) is 4.29. The van der Waals surface area contributed by atoms with Gasteiger partial charge in [-0.15, -0.1) is 0 Å². The van der Waals surface area contributed by atoms with Crippen LogP contribution in [0.3, 0.4) is 0 Å². The number of hydrogen-bond acceptors (Lipinski definition) is 2. The van der Waals surface area contributed by atoms with Crippen molar-refractivity contribution in [3.63, 3.8) is 0 Å². The van der Waals surface area contributed by atoms with Gasteiger partial charge in [-0.25, -0.2) is 0 Å². The number of nitrogens with zero attached hydrogens (tertiary/aromatic N) is 1. The normalized spacial score (nSPS) is 10.4. The van der Waals surface area contributed by atoms with Gasteiger partial charge in [0.15, 0.2) is 0 Å². The van der Waals surface area contributed by atoms with E-state index in [1.807, 2.05) is 12.1 Å². The first-order chi connectivity index (χ1) is 5.75. The Morgan fingerprint density at radius 3 is 2.92 bits per heavy atom. The van der Waals surface area contributed by atoms with Crippen molar-refractivity contribution in [2.24, 2.45) is 0 Å². The summed E-state index contributed by atoms with van der Waals surface area (Å²) in [6.07, 6.45) is 1.71. The van der Waals surface area contributed by atoms with Crippen LogP contribution in [-0.4, -0.2) is 10.1 Å². The maximum atomic E-state index is 9.15. The Labute approximate surface area is 78.0 Å². The number of phenolic OH excluding ortho intramolecular Hbond substituents is 1. The molecule has 0 aliphatic carbocycles. The monoisotopic (exact) mass is 223 g/mol. The number of benzene rings is 1. The number of aromatic hydroxyl groups is 1. The summed E-state index contributed by atoms with van der Waals surface area (Å²) in [5.74, 6) is 0.248. The number of halogens is 1. The van der Waals surface area contributed by atoms with Crippen LogP contribution in [0.1, 0.15) is 0 Å². The lowest BCUT2D eigenvalue weighted by atomic mass is 10.2. The molecule has 0 saturated heterocycles. The Bertz CT molecular complexity index is 387. The van der Waals surface area contributed by atoms with Crippen molar-refractivity contribution in [1.29, 1.82) is 0 Å². The van der Waals surface area contributed by atoms with Gasteiger partial charge in [-0.05, 0) is 34.1 Å². The zero-order valence-corrected chi connectivity index (χ0v) is 7.75. The van der Waals surface area contributed by atoms with Crippen LogP contribution in [-0.2, 0) is 0 Å². The quantitative estimate of drug-likeness (QED) is 0.746. The van der Waals surface area contributed by atoms with Gasteiger partial charge in [-0.2, -0.15) is 0 Å². The van der Waals surface area contributed by atoms with Crippen molar-refractivity contribution < 1.29 is 5.11 Å². The molecule has 0 amide bonds. The van der Waals surface area contributed by atoms with Crippen molar-refractivity contribution in [1.82, 2.24) is 4.98 Å². The van der Waals surface area contributed by atoms with Gasteiger partial charge in [0.1, 0.15) is 5.75 Å². The minimum atomic E-state index is 0.248. The molecule has 0 bridgehead atoms. The number of rotatable bonds is 0. The number of pyridine rings is 1. The molecule has 0 saturated carbocycles. The highest BCUT2D eigenvalue weighted by molar-refractivity contribution is 9.10. The van der Waals surface area contributed by atoms with Crippen molar-refractivity contribution in [2.75, 3.05) is 0 Å². The van der Waals surface area contributed by atoms with Crippen LogP contribution >= 0.6 is 15.9 Å². The summed E-state index contributed by atoms with van der Waals surface area (Å²) in [4.78, 5) is 4.13. The van der Waals surface area contributed by atoms with Gasteiger partial charge in [0.2, 0.25) is 0 Å². The van der Waals surface area contributed by atoms with Gasteiger partial charge in [0.25, 0.3) is 0 Å². The topological polar surface area (TPSA) is 33.1 Å². The van der Waals surface area contributed by atoms with E-state index in [0.29, 0.717) is 0 Å². The van der Waals surface area contributed by atoms with Crippen LogP contribution in [0.4, 0.5) is 0 Å². The second-order valence-electron chi connectivity index (χ2n) is 2.53. The fourth-order valence-corrected chi connectivity index (χ4v) is 1.43. The smallest absolute Gasteiger partial charge is 0.117 e. The number of fused-ring (bicyclic) bond motifs is 1. The average molecular weight is 224 g/mol. The second-order valence-corrected chi connectivity index (χ2v) is 3.45. The van der Waals surface area contributed by atoms with Crippen molar-refractivity contribution in [3.8, 4) is 5.75 Å². The van der Waals surface area contributed by atoms with E-state index in [2.05, 4.69) is 20.9 Å². The molecule has 1 aromatic carbocycles. The average Bonchev–Trinajstić information content (AvgIpc) is 2.05. The molecular weight excluding hydrogens is 218 g/mol. The van der Waals surface area contributed by atoms with E-state index < -0.39 is 0 Å². The van der Waals surface area contributed by atoms with Crippen LogP contribution in [0.5, 0.6) is 5.75 Å². The van der Waals surface area contributed by atoms with Gasteiger partial charge in [-0.3, -0.25) is 4.98 Å². The van der Waals surface area contributed by atoms with Crippen LogP contribution in [0.25, 0.3) is 10.9 Å². The lowest BCUT2D eigenvalue weighted by molar-refractivity contribution is 0.476. The fourth-order valence-electron chi connectivity index (χ4n) is 1.08. The van der Waals surface area contributed by atoms with Crippen LogP contribution in [0.2, 0.25) is 0 Å². The zero-order valence-electron chi connectivity index (χ0n) is 6.16. The van der Waals surface area contributed by atoms with Gasteiger partial charge in [0.05, 0.1) is 5.52 Å². The molecule has 1 heterocycles. The van der Waals surface area contributed by atoms with Crippen molar-refractivity contribution >= 4 is 26.8 Å². The summed E-state index contributed by atoms with van der Waals surface area (Å²) >= 11 is 3.33. The molecule has 3 heteroatoms. The largest absolute Gasteiger partial charge is 0.508 e. The van der Waals surface area contributed by atoms with Crippen LogP contribution < -0.4 is 0 Å². The first kappa shape index (κ1) is 7.55. The van der Waals surface area contributed by atoms with Gasteiger partial charge >= 0.3 is 0 Å². The molecule has 1 N–H and O–H groups in total. The summed E-state index contributed by atoms with van der Waals surface area (Å²) in [5, 5.41) is 10.2. The lowest BCUT2D eigenvalue weighted by Crippen LogP contribution is -1.77. The summed E-state index contributed by atoms with van der Waals surface area (Å²) in [6.45, 7) is 0. The van der Waals surface area contributed by atoms with E-state index >= 15 is 0 Å². The molecule has 0 aliphatic heterocycles. The third-order valence-corrected chi connectivity index (χ3v) is 2.07. The van der Waals surface area contributed by atoms with Gasteiger partial charge in [0, 0.05) is 22.1 Å². The number of phenols is 1. The Kier molecular flexibility index (Phi) is 1.73. The van der Waals surface area contributed by atoms with Crippen molar-refractivity contribution in [2.45, 2.75) is 0 Å². The molecule has 0 radical (unpaired) electrons. The Balaban J connectivity index is 2.79. The molecule has 0 aliphatic rings. The van der Waals surface area contributed by atoms with E-state index in [9.17, 15) is 0 Å². The summed E-state index contributed by atoms with van der Waals surface area (Å²) < 4.78 is 0.945. The van der Waals surface area contributed by atoms with Crippen molar-refractivity contribution in [3.05, 3.63) is 34.9 Å². The van der Waals surface area contributed by atoms with E-state index in [-0.39, 0.29) is 5.75 Å². The Morgan fingerprint density at radius 1 is 1.25 bits per heavy atom. The summed E-state index contributed by atoms with van der Waals surface area (Å²) in [5.41, 5.74) is 0.804. The van der Waals surface area contributed by atoms with Gasteiger partial charge < -0.3 is 5.11 Å². The predicted molar refractivity (Wildman–Crippen MR) is 51.1 cm³/mol. The first-order valence-electron chi connectivity index (χ1n) is 3.50. The minimum absolute atomic E-state index is 0.248. The molecule has 0 spiro atoms. The van der Waals surface area contributed by atoms with Crippen LogP contribution in [0, 0.1) is 0 Å². The van der Waals surface area contributed by atoms with Gasteiger partial charge in [-0.1, -0.05) is 0 Å². The molecule has 2 aromatic rings. The third-order valence-electron chi connectivity index (χ3n) is 1.63. The maximum absolute atomic E-state index is 9.15. The Hall–Kier alpha value is -1.09. The molecule has 0 fully saturated rings. The predicted octanol–water partition coefficient (Wildman–Crippen LogP) is 2.70. The highest BCUT2D eigenvalue weighted by Crippen LogP contribution is 2.20. The molecule has 2 nitrogen and oxygen atoms in total. The molecule has 0 unspecified atom stereocenters. The molecular formula is C9H6BrNO. The standard InChI is InChI=1S/C9H6BrNO/c10-7-3-6-1-2-8(12)4-9(6)11-5-7/h1-5,12H. The summed E-state index contributed by atoms with van der Waals surface area (Å²) in [6, 6.07) is 7.09. The molecule has 12 heavy (non-hydrogen) atoms. The molecule has 0 atom stereocenters. The van der Waals surface area contributed by atoms with E-state index in [1.54, 1.807) is 18.3 Å². The lowest BCUT2D eigenvalue weighted by Gasteiger charge is -1.97. The number of hydrogen-bond donors (Lipinski definition) is 1. The molecule has 1 aromatic heterocycles. The fraction of sp³-hybridized carbons (Fsp3) is 0. The van der Waals surface area contributed by atoms with Crippen LogP contribution in [0.15, 0.2) is 34.9 Å². The third kappa shape index (κ3) is 1.28. The summed E-state index contributed by atoms with van der Waals surface area (Å²) in [7, 11) is 0.